The number of halogens is 1. The SMILES string of the molecule is COc1ccc(NC(=O)Cc2coc3cc(C)c(Cl)cc23)cc1. The topological polar surface area (TPSA) is 51.5 Å². The van der Waals surface area contributed by atoms with Gasteiger partial charge in [0.15, 0.2) is 0 Å². The van der Waals surface area contributed by atoms with E-state index in [1.54, 1.807) is 37.6 Å². The Labute approximate surface area is 139 Å². The molecule has 0 spiro atoms. The maximum absolute atomic E-state index is 12.2. The van der Waals surface area contributed by atoms with Crippen molar-refractivity contribution in [3.05, 3.63) is 58.8 Å². The number of anilines is 1. The summed E-state index contributed by atoms with van der Waals surface area (Å²) in [6, 6.07) is 10.9. The largest absolute Gasteiger partial charge is 0.497 e. The molecule has 23 heavy (non-hydrogen) atoms. The minimum absolute atomic E-state index is 0.116. The smallest absolute Gasteiger partial charge is 0.228 e. The van der Waals surface area contributed by atoms with Crippen molar-refractivity contribution in [3.63, 3.8) is 0 Å². The van der Waals surface area contributed by atoms with Crippen LogP contribution in [0.5, 0.6) is 5.75 Å². The second kappa shape index (κ2) is 6.34. The highest BCUT2D eigenvalue weighted by atomic mass is 35.5. The van der Waals surface area contributed by atoms with E-state index >= 15 is 0 Å². The molecule has 1 N–H and O–H groups in total. The first kappa shape index (κ1) is 15.4. The third kappa shape index (κ3) is 3.32. The molecular weight excluding hydrogens is 314 g/mol. The molecule has 0 saturated heterocycles. The zero-order chi connectivity index (χ0) is 16.4. The average molecular weight is 330 g/mol. The number of carbonyl (C=O) groups is 1. The quantitative estimate of drug-likeness (QED) is 0.762. The van der Waals surface area contributed by atoms with Crippen molar-refractivity contribution in [2.75, 3.05) is 12.4 Å². The fraction of sp³-hybridized carbons (Fsp3) is 0.167. The molecule has 1 aromatic heterocycles. The highest BCUT2D eigenvalue weighted by Gasteiger charge is 2.12. The first-order valence-corrected chi connectivity index (χ1v) is 7.55. The summed E-state index contributed by atoms with van der Waals surface area (Å²) in [6.45, 7) is 1.92. The highest BCUT2D eigenvalue weighted by Crippen LogP contribution is 2.28. The summed E-state index contributed by atoms with van der Waals surface area (Å²) in [5.41, 5.74) is 3.22. The van der Waals surface area contributed by atoms with Crippen LogP contribution >= 0.6 is 11.6 Å². The van der Waals surface area contributed by atoms with Gasteiger partial charge in [0.25, 0.3) is 0 Å². The first-order valence-electron chi connectivity index (χ1n) is 7.17. The molecule has 1 heterocycles. The Kier molecular flexibility index (Phi) is 4.26. The van der Waals surface area contributed by atoms with E-state index in [-0.39, 0.29) is 12.3 Å². The van der Waals surface area contributed by atoms with Crippen LogP contribution in [0.3, 0.4) is 0 Å². The Morgan fingerprint density at radius 3 is 2.70 bits per heavy atom. The minimum Gasteiger partial charge on any atom is -0.497 e. The first-order chi connectivity index (χ1) is 11.1. The molecule has 2 aromatic carbocycles. The lowest BCUT2D eigenvalue weighted by Crippen LogP contribution is -2.14. The number of aryl methyl sites for hydroxylation is 1. The van der Waals surface area contributed by atoms with E-state index < -0.39 is 0 Å². The molecular formula is C18H16ClNO3. The predicted octanol–water partition coefficient (Wildman–Crippen LogP) is 4.58. The summed E-state index contributed by atoms with van der Waals surface area (Å²) in [6.07, 6.45) is 1.83. The third-order valence-electron chi connectivity index (χ3n) is 3.66. The molecule has 5 heteroatoms. The van der Waals surface area contributed by atoms with Crippen LogP contribution < -0.4 is 10.1 Å². The molecule has 0 fully saturated rings. The van der Waals surface area contributed by atoms with Crippen molar-refractivity contribution in [1.29, 1.82) is 0 Å². The molecule has 0 aliphatic heterocycles. The number of rotatable bonds is 4. The second-order valence-electron chi connectivity index (χ2n) is 5.31. The van der Waals surface area contributed by atoms with Crippen molar-refractivity contribution in [3.8, 4) is 5.75 Å². The normalized spacial score (nSPS) is 10.7. The maximum Gasteiger partial charge on any atom is 0.228 e. The van der Waals surface area contributed by atoms with Crippen molar-refractivity contribution in [2.24, 2.45) is 0 Å². The van der Waals surface area contributed by atoms with Gasteiger partial charge in [-0.1, -0.05) is 11.6 Å². The minimum atomic E-state index is -0.116. The Bertz CT molecular complexity index is 853. The summed E-state index contributed by atoms with van der Waals surface area (Å²) in [5, 5.41) is 4.38. The fourth-order valence-electron chi connectivity index (χ4n) is 2.39. The lowest BCUT2D eigenvalue weighted by atomic mass is 10.1. The van der Waals surface area contributed by atoms with Gasteiger partial charge in [-0.3, -0.25) is 4.79 Å². The zero-order valence-electron chi connectivity index (χ0n) is 12.9. The monoisotopic (exact) mass is 329 g/mol. The number of hydrogen-bond acceptors (Lipinski definition) is 3. The van der Waals surface area contributed by atoms with Crippen LogP contribution in [0.15, 0.2) is 47.1 Å². The van der Waals surface area contributed by atoms with E-state index in [2.05, 4.69) is 5.32 Å². The van der Waals surface area contributed by atoms with Gasteiger partial charge in [-0.2, -0.15) is 0 Å². The molecule has 0 aliphatic carbocycles. The predicted molar refractivity (Wildman–Crippen MR) is 91.3 cm³/mol. The molecule has 3 aromatic rings. The molecule has 3 rings (SSSR count). The number of fused-ring (bicyclic) bond motifs is 1. The lowest BCUT2D eigenvalue weighted by Gasteiger charge is -2.06. The number of nitrogens with one attached hydrogen (secondary N) is 1. The van der Waals surface area contributed by atoms with Gasteiger partial charge in [-0.05, 0) is 48.9 Å². The number of ether oxygens (including phenoxy) is 1. The van der Waals surface area contributed by atoms with Crippen molar-refractivity contribution in [1.82, 2.24) is 0 Å². The van der Waals surface area contributed by atoms with Crippen LogP contribution in [-0.2, 0) is 11.2 Å². The number of methoxy groups -OCH3 is 1. The molecule has 4 nitrogen and oxygen atoms in total. The van der Waals surface area contributed by atoms with E-state index in [9.17, 15) is 4.79 Å². The molecule has 0 unspecified atom stereocenters. The molecule has 0 radical (unpaired) electrons. The summed E-state index contributed by atoms with van der Waals surface area (Å²) < 4.78 is 10.6. The number of carbonyl (C=O) groups excluding carboxylic acids is 1. The third-order valence-corrected chi connectivity index (χ3v) is 4.07. The maximum atomic E-state index is 12.2. The fourth-order valence-corrected chi connectivity index (χ4v) is 2.55. The van der Waals surface area contributed by atoms with E-state index in [1.165, 1.54) is 0 Å². The van der Waals surface area contributed by atoms with Crippen LogP contribution in [0.1, 0.15) is 11.1 Å². The molecule has 0 saturated carbocycles. The van der Waals surface area contributed by atoms with Gasteiger partial charge in [0.2, 0.25) is 5.91 Å². The molecule has 1 amide bonds. The summed E-state index contributed by atoms with van der Waals surface area (Å²) >= 11 is 6.16. The Hall–Kier alpha value is -2.46. The second-order valence-corrected chi connectivity index (χ2v) is 5.72. The highest BCUT2D eigenvalue weighted by molar-refractivity contribution is 6.32. The molecule has 0 atom stereocenters. The summed E-state index contributed by atoms with van der Waals surface area (Å²) in [7, 11) is 1.60. The summed E-state index contributed by atoms with van der Waals surface area (Å²) in [4.78, 5) is 12.2. The van der Waals surface area contributed by atoms with E-state index in [1.807, 2.05) is 19.1 Å². The van der Waals surface area contributed by atoms with Crippen LogP contribution in [0, 0.1) is 6.92 Å². The molecule has 118 valence electrons. The number of benzene rings is 2. The Morgan fingerprint density at radius 1 is 1.26 bits per heavy atom. The van der Waals surface area contributed by atoms with Gasteiger partial charge in [-0.25, -0.2) is 0 Å². The van der Waals surface area contributed by atoms with E-state index in [0.29, 0.717) is 5.02 Å². The van der Waals surface area contributed by atoms with Gasteiger partial charge in [0.05, 0.1) is 19.8 Å². The Morgan fingerprint density at radius 2 is 2.00 bits per heavy atom. The van der Waals surface area contributed by atoms with Gasteiger partial charge < -0.3 is 14.5 Å². The lowest BCUT2D eigenvalue weighted by molar-refractivity contribution is -0.115. The van der Waals surface area contributed by atoms with Crippen molar-refractivity contribution in [2.45, 2.75) is 13.3 Å². The van der Waals surface area contributed by atoms with Crippen molar-refractivity contribution >= 4 is 34.2 Å². The molecule has 0 aliphatic rings. The molecule has 0 bridgehead atoms. The van der Waals surface area contributed by atoms with Crippen LogP contribution in [0.4, 0.5) is 5.69 Å². The van der Waals surface area contributed by atoms with Gasteiger partial charge in [0, 0.05) is 21.7 Å². The van der Waals surface area contributed by atoms with Gasteiger partial charge >= 0.3 is 0 Å². The van der Waals surface area contributed by atoms with E-state index in [4.69, 9.17) is 20.8 Å². The van der Waals surface area contributed by atoms with E-state index in [0.717, 1.165) is 33.5 Å². The number of furan rings is 1. The van der Waals surface area contributed by atoms with Gasteiger partial charge in [-0.15, -0.1) is 0 Å². The number of amides is 1. The van der Waals surface area contributed by atoms with Crippen LogP contribution in [-0.4, -0.2) is 13.0 Å². The number of hydrogen-bond donors (Lipinski definition) is 1. The standard InChI is InChI=1S/C18H16ClNO3/c1-11-7-17-15(9-16(11)19)12(10-23-17)8-18(21)20-13-3-5-14(22-2)6-4-13/h3-7,9-10H,8H2,1-2H3,(H,20,21). The van der Waals surface area contributed by atoms with Crippen LogP contribution in [0.25, 0.3) is 11.0 Å². The summed E-state index contributed by atoms with van der Waals surface area (Å²) in [5.74, 6) is 0.628. The van der Waals surface area contributed by atoms with Crippen LogP contribution in [0.2, 0.25) is 5.02 Å². The average Bonchev–Trinajstić information content (AvgIpc) is 2.90. The van der Waals surface area contributed by atoms with Crippen molar-refractivity contribution < 1.29 is 13.9 Å². The van der Waals surface area contributed by atoms with Gasteiger partial charge in [0.1, 0.15) is 11.3 Å². The zero-order valence-corrected chi connectivity index (χ0v) is 13.6. The Balaban J connectivity index is 1.76.